The highest BCUT2D eigenvalue weighted by molar-refractivity contribution is 5.99. The maximum absolute atomic E-state index is 13.1. The fourth-order valence-electron chi connectivity index (χ4n) is 1.90. The summed E-state index contributed by atoms with van der Waals surface area (Å²) in [7, 11) is 0. The molecule has 0 radical (unpaired) electrons. The van der Waals surface area contributed by atoms with Gasteiger partial charge in [-0.05, 0) is 18.2 Å². The van der Waals surface area contributed by atoms with Crippen molar-refractivity contribution >= 4 is 17.2 Å². The molecule has 0 unspecified atom stereocenters. The SMILES string of the molecule is CC(C)(C)c1[nH]c2ccc(F)cc2c1C=O. The Bertz CT molecular complexity index is 549. The molecule has 3 heteroatoms. The van der Waals surface area contributed by atoms with Crippen LogP contribution in [0.15, 0.2) is 18.2 Å². The van der Waals surface area contributed by atoms with Crippen LogP contribution in [0.25, 0.3) is 10.9 Å². The number of rotatable bonds is 1. The zero-order chi connectivity index (χ0) is 11.9. The van der Waals surface area contributed by atoms with Gasteiger partial charge < -0.3 is 4.98 Å². The van der Waals surface area contributed by atoms with Crippen molar-refractivity contribution in [1.29, 1.82) is 0 Å². The summed E-state index contributed by atoms with van der Waals surface area (Å²) in [5, 5.41) is 0.653. The predicted octanol–water partition coefficient (Wildman–Crippen LogP) is 3.42. The lowest BCUT2D eigenvalue weighted by Crippen LogP contribution is -2.13. The average Bonchev–Trinajstić information content (AvgIpc) is 2.54. The van der Waals surface area contributed by atoms with Gasteiger partial charge in [-0.1, -0.05) is 20.8 Å². The third-order valence-corrected chi connectivity index (χ3v) is 2.67. The first-order valence-corrected chi connectivity index (χ1v) is 5.20. The number of aromatic amines is 1. The summed E-state index contributed by atoms with van der Waals surface area (Å²) in [4.78, 5) is 14.3. The van der Waals surface area contributed by atoms with Crippen LogP contribution in [0.2, 0.25) is 0 Å². The zero-order valence-corrected chi connectivity index (χ0v) is 9.60. The Morgan fingerprint density at radius 3 is 2.56 bits per heavy atom. The van der Waals surface area contributed by atoms with Gasteiger partial charge in [-0.25, -0.2) is 4.39 Å². The molecule has 2 aromatic rings. The van der Waals surface area contributed by atoms with Crippen LogP contribution >= 0.6 is 0 Å². The number of H-pyrrole nitrogens is 1. The maximum Gasteiger partial charge on any atom is 0.152 e. The van der Waals surface area contributed by atoms with Crippen LogP contribution < -0.4 is 0 Å². The minimum atomic E-state index is -0.324. The number of carbonyl (C=O) groups is 1. The first-order valence-electron chi connectivity index (χ1n) is 5.20. The fourth-order valence-corrected chi connectivity index (χ4v) is 1.90. The van der Waals surface area contributed by atoms with E-state index in [4.69, 9.17) is 0 Å². The van der Waals surface area contributed by atoms with Gasteiger partial charge in [-0.3, -0.25) is 4.79 Å². The molecule has 1 aromatic heterocycles. The summed E-state index contributed by atoms with van der Waals surface area (Å²) >= 11 is 0. The van der Waals surface area contributed by atoms with Gasteiger partial charge in [0, 0.05) is 27.6 Å². The molecule has 2 rings (SSSR count). The maximum atomic E-state index is 13.1. The third-order valence-electron chi connectivity index (χ3n) is 2.67. The minimum Gasteiger partial charge on any atom is -0.357 e. The van der Waals surface area contributed by atoms with E-state index in [2.05, 4.69) is 4.98 Å². The Kier molecular flexibility index (Phi) is 2.34. The van der Waals surface area contributed by atoms with Crippen LogP contribution in [-0.4, -0.2) is 11.3 Å². The first kappa shape index (κ1) is 10.9. The Morgan fingerprint density at radius 1 is 1.31 bits per heavy atom. The summed E-state index contributed by atoms with van der Waals surface area (Å²) in [6.45, 7) is 6.04. The molecule has 0 amide bonds. The van der Waals surface area contributed by atoms with E-state index in [0.29, 0.717) is 10.9 Å². The lowest BCUT2D eigenvalue weighted by atomic mass is 9.89. The molecule has 16 heavy (non-hydrogen) atoms. The summed E-state index contributed by atoms with van der Waals surface area (Å²) in [5.41, 5.74) is 2.05. The number of carbonyl (C=O) groups excluding carboxylic acids is 1. The highest BCUT2D eigenvalue weighted by atomic mass is 19.1. The largest absolute Gasteiger partial charge is 0.357 e. The first-order chi connectivity index (χ1) is 7.43. The van der Waals surface area contributed by atoms with Crippen LogP contribution in [-0.2, 0) is 5.41 Å². The van der Waals surface area contributed by atoms with Crippen molar-refractivity contribution in [2.45, 2.75) is 26.2 Å². The van der Waals surface area contributed by atoms with Crippen molar-refractivity contribution in [3.05, 3.63) is 35.3 Å². The smallest absolute Gasteiger partial charge is 0.152 e. The number of aromatic nitrogens is 1. The molecule has 1 aromatic carbocycles. The molecular weight excluding hydrogens is 205 g/mol. The molecule has 0 atom stereocenters. The number of hydrogen-bond acceptors (Lipinski definition) is 1. The van der Waals surface area contributed by atoms with Crippen molar-refractivity contribution in [2.75, 3.05) is 0 Å². The van der Waals surface area contributed by atoms with Crippen LogP contribution in [0.1, 0.15) is 36.8 Å². The number of nitrogens with one attached hydrogen (secondary N) is 1. The van der Waals surface area contributed by atoms with E-state index in [0.717, 1.165) is 17.5 Å². The number of aldehydes is 1. The lowest BCUT2D eigenvalue weighted by Gasteiger charge is -2.17. The quantitative estimate of drug-likeness (QED) is 0.732. The van der Waals surface area contributed by atoms with Crippen molar-refractivity contribution < 1.29 is 9.18 Å². The van der Waals surface area contributed by atoms with Gasteiger partial charge in [-0.15, -0.1) is 0 Å². The number of hydrogen-bond donors (Lipinski definition) is 1. The topological polar surface area (TPSA) is 32.9 Å². The Balaban J connectivity index is 2.82. The molecule has 0 saturated carbocycles. The van der Waals surface area contributed by atoms with Gasteiger partial charge in [-0.2, -0.15) is 0 Å². The van der Waals surface area contributed by atoms with Gasteiger partial charge >= 0.3 is 0 Å². The summed E-state index contributed by atoms with van der Waals surface area (Å²) in [6.07, 6.45) is 0.791. The molecular formula is C13H14FNO. The lowest BCUT2D eigenvalue weighted by molar-refractivity contribution is 0.112. The fraction of sp³-hybridized carbons (Fsp3) is 0.308. The highest BCUT2D eigenvalue weighted by Gasteiger charge is 2.22. The van der Waals surface area contributed by atoms with E-state index in [9.17, 15) is 9.18 Å². The van der Waals surface area contributed by atoms with E-state index < -0.39 is 0 Å². The normalized spacial score (nSPS) is 12.0. The molecule has 0 fully saturated rings. The molecule has 0 aliphatic rings. The molecule has 84 valence electrons. The molecule has 0 bridgehead atoms. The third kappa shape index (κ3) is 1.62. The second-order valence-corrected chi connectivity index (χ2v) is 4.97. The summed E-state index contributed by atoms with van der Waals surface area (Å²) in [6, 6.07) is 4.44. The number of fused-ring (bicyclic) bond motifs is 1. The number of halogens is 1. The average molecular weight is 219 g/mol. The van der Waals surface area contributed by atoms with Crippen LogP contribution in [0.3, 0.4) is 0 Å². The molecule has 0 saturated heterocycles. The summed E-state index contributed by atoms with van der Waals surface area (Å²) < 4.78 is 13.1. The summed E-state index contributed by atoms with van der Waals surface area (Å²) in [5.74, 6) is -0.324. The molecule has 0 aliphatic heterocycles. The van der Waals surface area contributed by atoms with Gasteiger partial charge in [0.25, 0.3) is 0 Å². The van der Waals surface area contributed by atoms with Crippen LogP contribution in [0.4, 0.5) is 4.39 Å². The molecule has 1 N–H and O–H groups in total. The molecule has 0 spiro atoms. The van der Waals surface area contributed by atoms with Crippen molar-refractivity contribution in [2.24, 2.45) is 0 Å². The monoisotopic (exact) mass is 219 g/mol. The van der Waals surface area contributed by atoms with Gasteiger partial charge in [0.05, 0.1) is 0 Å². The van der Waals surface area contributed by atoms with E-state index in [1.165, 1.54) is 12.1 Å². The van der Waals surface area contributed by atoms with E-state index in [1.54, 1.807) is 6.07 Å². The minimum absolute atomic E-state index is 0.161. The standard InChI is InChI=1S/C13H14FNO/c1-13(2,3)12-10(7-16)9-6-8(14)4-5-11(9)15-12/h4-7,15H,1-3H3. The van der Waals surface area contributed by atoms with Gasteiger partial charge in [0.1, 0.15) is 5.82 Å². The molecule has 2 nitrogen and oxygen atoms in total. The number of benzene rings is 1. The van der Waals surface area contributed by atoms with Crippen molar-refractivity contribution in [1.82, 2.24) is 4.98 Å². The second kappa shape index (κ2) is 3.44. The van der Waals surface area contributed by atoms with Crippen LogP contribution in [0.5, 0.6) is 0 Å². The van der Waals surface area contributed by atoms with Crippen molar-refractivity contribution in [3.8, 4) is 0 Å². The highest BCUT2D eigenvalue weighted by Crippen LogP contribution is 2.30. The Morgan fingerprint density at radius 2 is 2.00 bits per heavy atom. The van der Waals surface area contributed by atoms with Crippen molar-refractivity contribution in [3.63, 3.8) is 0 Å². The van der Waals surface area contributed by atoms with Crippen LogP contribution in [0, 0.1) is 5.82 Å². The second-order valence-electron chi connectivity index (χ2n) is 4.97. The van der Waals surface area contributed by atoms with E-state index >= 15 is 0 Å². The Hall–Kier alpha value is -1.64. The predicted molar refractivity (Wildman–Crippen MR) is 62.3 cm³/mol. The zero-order valence-electron chi connectivity index (χ0n) is 9.60. The van der Waals surface area contributed by atoms with Gasteiger partial charge in [0.15, 0.2) is 6.29 Å². The molecule has 0 aliphatic carbocycles. The molecule has 1 heterocycles. The van der Waals surface area contributed by atoms with E-state index in [-0.39, 0.29) is 11.2 Å². The Labute approximate surface area is 93.5 Å². The van der Waals surface area contributed by atoms with Gasteiger partial charge in [0.2, 0.25) is 0 Å². The van der Waals surface area contributed by atoms with E-state index in [1.807, 2.05) is 20.8 Å².